The molecule has 0 saturated heterocycles. The molecule has 0 aliphatic carbocycles. The second-order valence-corrected chi connectivity index (χ2v) is 5.40. The molecular formula is C13H9F7N6. The average molecular weight is 382 g/mol. The van der Waals surface area contributed by atoms with Crippen molar-refractivity contribution in [2.45, 2.75) is 18.0 Å². The van der Waals surface area contributed by atoms with E-state index in [4.69, 9.17) is 11.5 Å². The molecule has 1 atom stereocenters. The molecule has 2 heterocycles. The number of halogens is 7. The molecule has 13 heteroatoms. The molecule has 6 nitrogen and oxygen atoms in total. The van der Waals surface area contributed by atoms with Gasteiger partial charge in [-0.25, -0.2) is 14.4 Å². The molecule has 0 fully saturated rings. The molecule has 6 N–H and O–H groups in total. The lowest BCUT2D eigenvalue weighted by atomic mass is 9.90. The van der Waals surface area contributed by atoms with Gasteiger partial charge in [0, 0.05) is 17.8 Å². The average Bonchev–Trinajstić information content (AvgIpc) is 2.87. The predicted molar refractivity (Wildman–Crippen MR) is 75.8 cm³/mol. The Morgan fingerprint density at radius 1 is 1.04 bits per heavy atom. The number of rotatable bonds is 1. The topological polar surface area (TPSA) is 105 Å². The van der Waals surface area contributed by atoms with Gasteiger partial charge in [0.25, 0.3) is 0 Å². The molecule has 0 amide bonds. The lowest BCUT2D eigenvalue weighted by molar-refractivity contribution is -0.144. The minimum Gasteiger partial charge on any atom is -0.370 e. The lowest BCUT2D eigenvalue weighted by Crippen LogP contribution is -2.50. The van der Waals surface area contributed by atoms with Gasteiger partial charge in [0.15, 0.2) is 11.6 Å². The maximum atomic E-state index is 14.4. The summed E-state index contributed by atoms with van der Waals surface area (Å²) in [4.78, 5) is 8.47. The summed E-state index contributed by atoms with van der Waals surface area (Å²) < 4.78 is 92.3. The first-order valence-corrected chi connectivity index (χ1v) is 6.78. The number of nitrogens with two attached hydrogens (primary N) is 2. The van der Waals surface area contributed by atoms with Crippen LogP contribution in [0, 0.1) is 5.82 Å². The monoisotopic (exact) mass is 382 g/mol. The van der Waals surface area contributed by atoms with Crippen molar-refractivity contribution in [3.05, 3.63) is 41.1 Å². The first kappa shape index (κ1) is 18.0. The van der Waals surface area contributed by atoms with Crippen molar-refractivity contribution in [3.63, 3.8) is 0 Å². The third-order valence-corrected chi connectivity index (χ3v) is 3.63. The number of hydrogen-bond donors (Lipinski definition) is 4. The summed E-state index contributed by atoms with van der Waals surface area (Å²) in [6, 6.07) is 1.22. The van der Waals surface area contributed by atoms with E-state index in [0.717, 1.165) is 0 Å². The predicted octanol–water partition coefficient (Wildman–Crippen LogP) is 2.20. The van der Waals surface area contributed by atoms with E-state index in [0.29, 0.717) is 18.3 Å². The van der Waals surface area contributed by atoms with Gasteiger partial charge in [0.05, 0.1) is 16.6 Å². The van der Waals surface area contributed by atoms with E-state index in [9.17, 15) is 30.7 Å². The molecule has 26 heavy (non-hydrogen) atoms. The van der Waals surface area contributed by atoms with E-state index in [1.807, 2.05) is 10.3 Å². The van der Waals surface area contributed by atoms with Crippen molar-refractivity contribution in [1.29, 1.82) is 0 Å². The fraction of sp³-hybridized carbons (Fsp3) is 0.231. The standard InChI is InChI=1S/C13H9F7N6/c14-5-2-7-6(24-9(25-7)13(18,19)20)1-4(5)11(22)8(12(15,16)17)3-23-10(21)26-11/h1-3H,22H2,(H,24,25)(H3,21,23,26). The molecule has 0 bridgehead atoms. The van der Waals surface area contributed by atoms with Crippen molar-refractivity contribution in [1.82, 2.24) is 15.3 Å². The van der Waals surface area contributed by atoms with Gasteiger partial charge >= 0.3 is 12.4 Å². The summed E-state index contributed by atoms with van der Waals surface area (Å²) >= 11 is 0. The van der Waals surface area contributed by atoms with Crippen LogP contribution in [0.4, 0.5) is 30.7 Å². The molecular weight excluding hydrogens is 373 g/mol. The van der Waals surface area contributed by atoms with E-state index < -0.39 is 52.3 Å². The molecule has 0 radical (unpaired) electrons. The van der Waals surface area contributed by atoms with Crippen LogP contribution in [-0.2, 0) is 11.8 Å². The van der Waals surface area contributed by atoms with Crippen LogP contribution >= 0.6 is 0 Å². The Morgan fingerprint density at radius 3 is 2.27 bits per heavy atom. The van der Waals surface area contributed by atoms with Crippen LogP contribution in [0.2, 0.25) is 0 Å². The van der Waals surface area contributed by atoms with Crippen LogP contribution in [0.25, 0.3) is 11.0 Å². The van der Waals surface area contributed by atoms with Gasteiger partial charge in [0.1, 0.15) is 5.82 Å². The van der Waals surface area contributed by atoms with Crippen LogP contribution in [0.1, 0.15) is 11.4 Å². The molecule has 1 aliphatic heterocycles. The summed E-state index contributed by atoms with van der Waals surface area (Å²) in [5, 5.41) is 2.02. The second kappa shape index (κ2) is 5.33. The third kappa shape index (κ3) is 2.83. The maximum absolute atomic E-state index is 14.4. The second-order valence-electron chi connectivity index (χ2n) is 5.40. The largest absolute Gasteiger partial charge is 0.449 e. The Bertz CT molecular complexity index is 939. The first-order chi connectivity index (χ1) is 11.8. The number of nitrogens with zero attached hydrogens (tertiary/aromatic N) is 2. The minimum atomic E-state index is -5.02. The molecule has 2 aromatic rings. The first-order valence-electron chi connectivity index (χ1n) is 6.78. The summed E-state index contributed by atoms with van der Waals surface area (Å²) in [6.07, 6.45) is -9.46. The molecule has 1 aromatic carbocycles. The summed E-state index contributed by atoms with van der Waals surface area (Å²) in [7, 11) is 0. The molecule has 1 aromatic heterocycles. The van der Waals surface area contributed by atoms with Gasteiger partial charge in [0.2, 0.25) is 5.82 Å². The van der Waals surface area contributed by atoms with Crippen LogP contribution in [-0.4, -0.2) is 22.1 Å². The summed E-state index contributed by atoms with van der Waals surface area (Å²) in [5.74, 6) is -3.29. The number of guanidine groups is 1. The van der Waals surface area contributed by atoms with Crippen molar-refractivity contribution < 1.29 is 30.7 Å². The highest BCUT2D eigenvalue weighted by atomic mass is 19.4. The fourth-order valence-corrected chi connectivity index (χ4v) is 2.50. The van der Waals surface area contributed by atoms with Crippen LogP contribution in [0.5, 0.6) is 0 Å². The van der Waals surface area contributed by atoms with Crippen LogP contribution in [0.3, 0.4) is 0 Å². The SMILES string of the molecule is NC1=NC(N)(c2cc3[nH]c(C(F)(F)F)nc3cc2F)C(C(F)(F)F)=CN1. The van der Waals surface area contributed by atoms with E-state index in [1.165, 1.54) is 0 Å². The number of benzene rings is 1. The number of aliphatic imine (C=N–C) groups is 1. The Balaban J connectivity index is 2.23. The zero-order chi connectivity index (χ0) is 19.5. The third-order valence-electron chi connectivity index (χ3n) is 3.63. The highest BCUT2D eigenvalue weighted by Crippen LogP contribution is 2.42. The molecule has 1 aliphatic rings. The van der Waals surface area contributed by atoms with E-state index in [2.05, 4.69) is 9.98 Å². The molecule has 0 spiro atoms. The number of fused-ring (bicyclic) bond motifs is 1. The minimum absolute atomic E-state index is 0.368. The van der Waals surface area contributed by atoms with Crippen LogP contribution in [0.15, 0.2) is 28.9 Å². The number of aromatic nitrogens is 2. The number of hydrogen-bond acceptors (Lipinski definition) is 5. The van der Waals surface area contributed by atoms with E-state index >= 15 is 0 Å². The Labute approximate surface area is 139 Å². The van der Waals surface area contributed by atoms with Gasteiger partial charge in [-0.2, -0.15) is 26.3 Å². The Hall–Kier alpha value is -2.83. The number of imidazole rings is 1. The zero-order valence-electron chi connectivity index (χ0n) is 12.4. The molecule has 140 valence electrons. The Kier molecular flexibility index (Phi) is 3.69. The fourth-order valence-electron chi connectivity index (χ4n) is 2.50. The van der Waals surface area contributed by atoms with Crippen molar-refractivity contribution >= 4 is 17.0 Å². The maximum Gasteiger partial charge on any atom is 0.449 e. The molecule has 0 saturated carbocycles. The normalized spacial score (nSPS) is 21.4. The zero-order valence-corrected chi connectivity index (χ0v) is 12.4. The van der Waals surface area contributed by atoms with Gasteiger partial charge in [-0.15, -0.1) is 0 Å². The van der Waals surface area contributed by atoms with Gasteiger partial charge in [-0.3, -0.25) is 5.73 Å². The molecule has 3 rings (SSSR count). The highest BCUT2D eigenvalue weighted by molar-refractivity contribution is 5.82. The number of alkyl halides is 6. The smallest absolute Gasteiger partial charge is 0.370 e. The lowest BCUT2D eigenvalue weighted by Gasteiger charge is -2.33. The number of nitrogens with one attached hydrogen (secondary N) is 2. The molecule has 1 unspecified atom stereocenters. The summed E-state index contributed by atoms with van der Waals surface area (Å²) in [6.45, 7) is 0. The van der Waals surface area contributed by atoms with E-state index in [1.54, 1.807) is 0 Å². The Morgan fingerprint density at radius 2 is 1.69 bits per heavy atom. The van der Waals surface area contributed by atoms with Crippen LogP contribution < -0.4 is 16.8 Å². The van der Waals surface area contributed by atoms with Crippen molar-refractivity contribution in [2.24, 2.45) is 16.5 Å². The number of aromatic amines is 1. The number of H-pyrrole nitrogens is 1. The van der Waals surface area contributed by atoms with Gasteiger partial charge in [-0.05, 0) is 6.07 Å². The van der Waals surface area contributed by atoms with Crippen molar-refractivity contribution in [3.8, 4) is 0 Å². The quantitative estimate of drug-likeness (QED) is 0.568. The summed E-state index contributed by atoms with van der Waals surface area (Å²) in [5.41, 5.74) is 5.12. The van der Waals surface area contributed by atoms with E-state index in [-0.39, 0.29) is 5.52 Å². The van der Waals surface area contributed by atoms with Gasteiger partial charge in [-0.1, -0.05) is 0 Å². The highest BCUT2D eigenvalue weighted by Gasteiger charge is 2.50. The van der Waals surface area contributed by atoms with Crippen molar-refractivity contribution in [2.75, 3.05) is 0 Å². The van der Waals surface area contributed by atoms with Gasteiger partial charge < -0.3 is 16.0 Å².